The largest absolute Gasteiger partial charge is 0.476 e. The number of carboxylic acid groups (broad SMARTS) is 1. The summed E-state index contributed by atoms with van der Waals surface area (Å²) in [6.07, 6.45) is 4.87. The molecule has 0 radical (unpaired) electrons. The highest BCUT2D eigenvalue weighted by atomic mass is 16.4. The number of nitrogens with zero attached hydrogens (tertiary/aromatic N) is 3. The molecule has 1 fully saturated rings. The van der Waals surface area contributed by atoms with E-state index in [1.165, 1.54) is 12.4 Å². The van der Waals surface area contributed by atoms with E-state index < -0.39 is 5.97 Å². The predicted octanol–water partition coefficient (Wildman–Crippen LogP) is 1.07. The summed E-state index contributed by atoms with van der Waals surface area (Å²) in [6, 6.07) is 0.920. The molecule has 1 aromatic rings. The highest BCUT2D eigenvalue weighted by Gasteiger charge is 2.22. The molecule has 1 saturated heterocycles. The van der Waals surface area contributed by atoms with Gasteiger partial charge in [-0.25, -0.2) is 14.8 Å². The van der Waals surface area contributed by atoms with Gasteiger partial charge >= 0.3 is 5.97 Å². The van der Waals surface area contributed by atoms with E-state index in [2.05, 4.69) is 34.2 Å². The average molecular weight is 250 g/mol. The summed E-state index contributed by atoms with van der Waals surface area (Å²) < 4.78 is 0. The third kappa shape index (κ3) is 2.95. The number of aromatic carboxylic acids is 1. The monoisotopic (exact) mass is 250 g/mol. The number of rotatable bonds is 3. The van der Waals surface area contributed by atoms with E-state index in [9.17, 15) is 4.79 Å². The smallest absolute Gasteiger partial charge is 0.356 e. The van der Waals surface area contributed by atoms with Crippen molar-refractivity contribution in [1.82, 2.24) is 14.9 Å². The van der Waals surface area contributed by atoms with Gasteiger partial charge in [0.2, 0.25) is 0 Å². The first-order chi connectivity index (χ1) is 8.56. The Hall–Kier alpha value is -1.69. The topological polar surface area (TPSA) is 78.3 Å². The van der Waals surface area contributed by atoms with Crippen LogP contribution >= 0.6 is 0 Å². The van der Waals surface area contributed by atoms with Gasteiger partial charge in [-0.1, -0.05) is 0 Å². The molecule has 2 rings (SSSR count). The minimum atomic E-state index is -1.05. The zero-order valence-electron chi connectivity index (χ0n) is 10.6. The van der Waals surface area contributed by atoms with Crippen LogP contribution in [0.4, 0.5) is 5.82 Å². The maximum Gasteiger partial charge on any atom is 0.356 e. The molecule has 1 aliphatic rings. The summed E-state index contributed by atoms with van der Waals surface area (Å²) in [7, 11) is 2.13. The van der Waals surface area contributed by atoms with Gasteiger partial charge in [-0.2, -0.15) is 0 Å². The van der Waals surface area contributed by atoms with Crippen LogP contribution in [0, 0.1) is 0 Å². The summed E-state index contributed by atoms with van der Waals surface area (Å²) >= 11 is 0. The Balaban J connectivity index is 1.95. The lowest BCUT2D eigenvalue weighted by molar-refractivity contribution is 0.0690. The lowest BCUT2D eigenvalue weighted by Crippen LogP contribution is -2.42. The Labute approximate surface area is 106 Å². The van der Waals surface area contributed by atoms with Crippen LogP contribution in [0.25, 0.3) is 0 Å². The van der Waals surface area contributed by atoms with Crippen molar-refractivity contribution in [3.8, 4) is 0 Å². The van der Waals surface area contributed by atoms with Gasteiger partial charge in [0.1, 0.15) is 5.82 Å². The maximum absolute atomic E-state index is 10.7. The third-order valence-electron chi connectivity index (χ3n) is 3.43. The second kappa shape index (κ2) is 5.30. The van der Waals surface area contributed by atoms with Crippen LogP contribution in [-0.4, -0.2) is 51.6 Å². The van der Waals surface area contributed by atoms with Gasteiger partial charge in [0.05, 0.1) is 12.4 Å². The SMILES string of the molecule is CC1CC(Nc2cnc(C(=O)O)cn2)CCN1C. The Morgan fingerprint density at radius 2 is 2.28 bits per heavy atom. The molecular formula is C12H18N4O2. The summed E-state index contributed by atoms with van der Waals surface area (Å²) in [4.78, 5) is 20.9. The van der Waals surface area contributed by atoms with E-state index in [0.717, 1.165) is 19.4 Å². The van der Waals surface area contributed by atoms with E-state index in [-0.39, 0.29) is 5.69 Å². The molecule has 1 aliphatic heterocycles. The molecule has 0 spiro atoms. The van der Waals surface area contributed by atoms with Gasteiger partial charge in [-0.05, 0) is 26.8 Å². The number of piperidine rings is 1. The van der Waals surface area contributed by atoms with Crippen LogP contribution in [0.2, 0.25) is 0 Å². The fourth-order valence-corrected chi connectivity index (χ4v) is 2.14. The fourth-order valence-electron chi connectivity index (χ4n) is 2.14. The predicted molar refractivity (Wildman–Crippen MR) is 67.7 cm³/mol. The normalized spacial score (nSPS) is 24.8. The molecule has 2 atom stereocenters. The minimum absolute atomic E-state index is 0.0303. The van der Waals surface area contributed by atoms with Crippen molar-refractivity contribution in [3.05, 3.63) is 18.1 Å². The fraction of sp³-hybridized carbons (Fsp3) is 0.583. The van der Waals surface area contributed by atoms with Crippen molar-refractivity contribution in [2.45, 2.75) is 31.8 Å². The minimum Gasteiger partial charge on any atom is -0.476 e. The van der Waals surface area contributed by atoms with Crippen molar-refractivity contribution >= 4 is 11.8 Å². The van der Waals surface area contributed by atoms with E-state index in [0.29, 0.717) is 17.9 Å². The van der Waals surface area contributed by atoms with Crippen molar-refractivity contribution < 1.29 is 9.90 Å². The van der Waals surface area contributed by atoms with Crippen molar-refractivity contribution in [2.24, 2.45) is 0 Å². The molecule has 0 amide bonds. The molecule has 2 unspecified atom stereocenters. The number of nitrogens with one attached hydrogen (secondary N) is 1. The van der Waals surface area contributed by atoms with Gasteiger partial charge in [0, 0.05) is 18.6 Å². The van der Waals surface area contributed by atoms with Gasteiger partial charge in [-0.15, -0.1) is 0 Å². The first kappa shape index (κ1) is 12.8. The summed E-state index contributed by atoms with van der Waals surface area (Å²) in [5.41, 5.74) is -0.0303. The zero-order chi connectivity index (χ0) is 13.1. The van der Waals surface area contributed by atoms with Crippen LogP contribution in [-0.2, 0) is 0 Å². The molecule has 2 N–H and O–H groups in total. The zero-order valence-corrected chi connectivity index (χ0v) is 10.6. The van der Waals surface area contributed by atoms with Crippen molar-refractivity contribution in [3.63, 3.8) is 0 Å². The lowest BCUT2D eigenvalue weighted by Gasteiger charge is -2.35. The third-order valence-corrected chi connectivity index (χ3v) is 3.43. The Morgan fingerprint density at radius 1 is 1.50 bits per heavy atom. The average Bonchev–Trinajstić information content (AvgIpc) is 2.34. The molecule has 18 heavy (non-hydrogen) atoms. The first-order valence-electron chi connectivity index (χ1n) is 6.08. The molecule has 0 aromatic carbocycles. The number of hydrogen-bond donors (Lipinski definition) is 2. The standard InChI is InChI=1S/C12H18N4O2/c1-8-5-9(3-4-16(8)2)15-11-7-13-10(6-14-11)12(17)18/h6-9H,3-5H2,1-2H3,(H,14,15)(H,17,18). The molecule has 0 aliphatic carbocycles. The van der Waals surface area contributed by atoms with Gasteiger partial charge in [0.15, 0.2) is 5.69 Å². The summed E-state index contributed by atoms with van der Waals surface area (Å²) in [6.45, 7) is 3.26. The molecule has 0 saturated carbocycles. The van der Waals surface area contributed by atoms with Crippen LogP contribution in [0.5, 0.6) is 0 Å². The number of hydrogen-bond acceptors (Lipinski definition) is 5. The van der Waals surface area contributed by atoms with E-state index >= 15 is 0 Å². The number of likely N-dealkylation sites (tertiary alicyclic amines) is 1. The Bertz CT molecular complexity index is 421. The quantitative estimate of drug-likeness (QED) is 0.835. The van der Waals surface area contributed by atoms with Gasteiger partial charge < -0.3 is 15.3 Å². The Morgan fingerprint density at radius 3 is 2.83 bits per heavy atom. The number of carboxylic acids is 1. The molecule has 98 valence electrons. The van der Waals surface area contributed by atoms with Crippen LogP contribution in [0.1, 0.15) is 30.3 Å². The molecule has 2 heterocycles. The molecule has 6 nitrogen and oxygen atoms in total. The highest BCUT2D eigenvalue weighted by Crippen LogP contribution is 2.18. The van der Waals surface area contributed by atoms with E-state index in [1.54, 1.807) is 0 Å². The molecule has 1 aromatic heterocycles. The summed E-state index contributed by atoms with van der Waals surface area (Å²) in [5, 5.41) is 12.0. The van der Waals surface area contributed by atoms with Crippen molar-refractivity contribution in [1.29, 1.82) is 0 Å². The summed E-state index contributed by atoms with van der Waals surface area (Å²) in [5.74, 6) is -0.413. The van der Waals surface area contributed by atoms with Crippen LogP contribution in [0.3, 0.4) is 0 Å². The van der Waals surface area contributed by atoms with Crippen LogP contribution in [0.15, 0.2) is 12.4 Å². The Kier molecular flexibility index (Phi) is 3.76. The number of aromatic nitrogens is 2. The van der Waals surface area contributed by atoms with Crippen molar-refractivity contribution in [2.75, 3.05) is 18.9 Å². The second-order valence-corrected chi connectivity index (χ2v) is 4.79. The second-order valence-electron chi connectivity index (χ2n) is 4.79. The van der Waals surface area contributed by atoms with E-state index in [1.807, 2.05) is 0 Å². The van der Waals surface area contributed by atoms with Gasteiger partial charge in [0.25, 0.3) is 0 Å². The molecule has 0 bridgehead atoms. The molecular weight excluding hydrogens is 232 g/mol. The number of anilines is 1. The lowest BCUT2D eigenvalue weighted by atomic mass is 9.99. The molecule has 6 heteroatoms. The maximum atomic E-state index is 10.7. The highest BCUT2D eigenvalue weighted by molar-refractivity contribution is 5.84. The first-order valence-corrected chi connectivity index (χ1v) is 6.08. The van der Waals surface area contributed by atoms with Gasteiger partial charge in [-0.3, -0.25) is 0 Å². The van der Waals surface area contributed by atoms with Crippen LogP contribution < -0.4 is 5.32 Å². The van der Waals surface area contributed by atoms with E-state index in [4.69, 9.17) is 5.11 Å². The number of carbonyl (C=O) groups is 1.